The third-order valence-corrected chi connectivity index (χ3v) is 5.49. The number of amides is 1. The van der Waals surface area contributed by atoms with Crippen molar-refractivity contribution in [2.45, 2.75) is 20.8 Å². The molecule has 6 heteroatoms. The van der Waals surface area contributed by atoms with E-state index in [1.54, 1.807) is 17.4 Å². The minimum Gasteiger partial charge on any atom is -0.369 e. The lowest BCUT2D eigenvalue weighted by Gasteiger charge is -2.35. The van der Waals surface area contributed by atoms with Crippen LogP contribution in [0.15, 0.2) is 29.7 Å². The second-order valence-corrected chi connectivity index (χ2v) is 7.60. The van der Waals surface area contributed by atoms with Crippen molar-refractivity contribution < 1.29 is 4.79 Å². The maximum Gasteiger partial charge on any atom is 0.248 e. The molecule has 1 aliphatic rings. The number of hydrogen-bond donors (Lipinski definition) is 1. The molecule has 138 valence electrons. The van der Waals surface area contributed by atoms with E-state index in [4.69, 9.17) is 0 Å². The van der Waals surface area contributed by atoms with E-state index in [2.05, 4.69) is 39.2 Å². The fraction of sp³-hybridized carbons (Fsp3) is 0.400. The van der Waals surface area contributed by atoms with Gasteiger partial charge in [0.2, 0.25) is 5.91 Å². The molecule has 0 aliphatic carbocycles. The summed E-state index contributed by atoms with van der Waals surface area (Å²) in [5, 5.41) is 5.90. The van der Waals surface area contributed by atoms with Crippen molar-refractivity contribution in [3.8, 4) is 0 Å². The Hall–Kier alpha value is -2.18. The van der Waals surface area contributed by atoms with Crippen LogP contribution < -0.4 is 10.2 Å². The van der Waals surface area contributed by atoms with Crippen LogP contribution in [0.25, 0.3) is 6.08 Å². The van der Waals surface area contributed by atoms with E-state index < -0.39 is 0 Å². The minimum atomic E-state index is -0.136. The molecule has 0 radical (unpaired) electrons. The molecule has 1 aromatic heterocycles. The van der Waals surface area contributed by atoms with Crippen LogP contribution in [0.1, 0.15) is 23.2 Å². The van der Waals surface area contributed by atoms with Gasteiger partial charge in [-0.3, -0.25) is 4.79 Å². The van der Waals surface area contributed by atoms with Crippen molar-refractivity contribution in [2.24, 2.45) is 0 Å². The Kier molecular flexibility index (Phi) is 6.06. The number of piperazine rings is 1. The number of rotatable bonds is 5. The fourth-order valence-electron chi connectivity index (χ4n) is 3.10. The van der Waals surface area contributed by atoms with Gasteiger partial charge in [-0.15, -0.1) is 11.3 Å². The normalized spacial score (nSPS) is 15.6. The summed E-state index contributed by atoms with van der Waals surface area (Å²) in [5.74, 6) is -0.136. The molecule has 0 bridgehead atoms. The second-order valence-electron chi connectivity index (χ2n) is 6.53. The Labute approximate surface area is 159 Å². The Morgan fingerprint density at radius 1 is 1.27 bits per heavy atom. The Morgan fingerprint density at radius 3 is 2.65 bits per heavy atom. The molecule has 5 nitrogen and oxygen atoms in total. The van der Waals surface area contributed by atoms with Crippen molar-refractivity contribution in [3.63, 3.8) is 0 Å². The summed E-state index contributed by atoms with van der Waals surface area (Å²) in [5.41, 5.74) is 3.97. The molecule has 0 atom stereocenters. The van der Waals surface area contributed by atoms with Crippen molar-refractivity contribution in [2.75, 3.05) is 42.9 Å². The lowest BCUT2D eigenvalue weighted by Crippen LogP contribution is -2.46. The van der Waals surface area contributed by atoms with Crippen LogP contribution in [0.3, 0.4) is 0 Å². The van der Waals surface area contributed by atoms with Crippen LogP contribution in [0.4, 0.5) is 11.4 Å². The molecule has 2 heterocycles. The van der Waals surface area contributed by atoms with Gasteiger partial charge in [-0.05, 0) is 50.2 Å². The maximum atomic E-state index is 12.2. The number of aromatic nitrogens is 1. The third kappa shape index (κ3) is 4.71. The molecule has 0 unspecified atom stereocenters. The van der Waals surface area contributed by atoms with E-state index in [1.165, 1.54) is 11.8 Å². The number of carbonyl (C=O) groups is 1. The van der Waals surface area contributed by atoms with Gasteiger partial charge in [-0.2, -0.15) is 0 Å². The number of hydrogen-bond acceptors (Lipinski definition) is 5. The van der Waals surface area contributed by atoms with Crippen molar-refractivity contribution in [3.05, 3.63) is 45.9 Å². The fourth-order valence-corrected chi connectivity index (χ4v) is 3.68. The average molecular weight is 371 g/mol. The molecule has 26 heavy (non-hydrogen) atoms. The Bertz CT molecular complexity index is 791. The Morgan fingerprint density at radius 2 is 2.04 bits per heavy atom. The highest BCUT2D eigenvalue weighted by Crippen LogP contribution is 2.24. The number of thiazole rings is 1. The highest BCUT2D eigenvalue weighted by atomic mass is 32.1. The van der Waals surface area contributed by atoms with Crippen molar-refractivity contribution in [1.29, 1.82) is 0 Å². The summed E-state index contributed by atoms with van der Waals surface area (Å²) in [7, 11) is 0. The quantitative estimate of drug-likeness (QED) is 0.818. The summed E-state index contributed by atoms with van der Waals surface area (Å²) in [6.07, 6.45) is 3.28. The zero-order valence-corrected chi connectivity index (χ0v) is 16.5. The largest absolute Gasteiger partial charge is 0.369 e. The topological polar surface area (TPSA) is 48.5 Å². The number of nitrogens with one attached hydrogen (secondary N) is 1. The molecule has 3 rings (SSSR count). The molecule has 1 fully saturated rings. The molecule has 0 saturated carbocycles. The van der Waals surface area contributed by atoms with E-state index in [9.17, 15) is 4.79 Å². The summed E-state index contributed by atoms with van der Waals surface area (Å²) in [6.45, 7) is 11.6. The van der Waals surface area contributed by atoms with Crippen LogP contribution in [0.2, 0.25) is 0 Å². The number of aryl methyl sites for hydroxylation is 2. The number of likely N-dealkylation sites (N-methyl/N-ethyl adjacent to an activating group) is 1. The first kappa shape index (κ1) is 18.6. The van der Waals surface area contributed by atoms with E-state index in [0.29, 0.717) is 0 Å². The van der Waals surface area contributed by atoms with Crippen molar-refractivity contribution >= 4 is 34.7 Å². The number of anilines is 2. The lowest BCUT2D eigenvalue weighted by molar-refractivity contribution is -0.111. The van der Waals surface area contributed by atoms with Crippen LogP contribution in [0, 0.1) is 13.8 Å². The molecule has 0 spiro atoms. The van der Waals surface area contributed by atoms with E-state index >= 15 is 0 Å². The smallest absolute Gasteiger partial charge is 0.248 e. The SMILES string of the molecule is CCN1CCN(c2ccc(NC(=O)/C=C/c3csc(C)n3)c(C)c2)CC1. The van der Waals surface area contributed by atoms with Gasteiger partial charge in [0.15, 0.2) is 0 Å². The molecular weight excluding hydrogens is 344 g/mol. The minimum absolute atomic E-state index is 0.136. The molecule has 1 aromatic carbocycles. The van der Waals surface area contributed by atoms with Gasteiger partial charge in [-0.1, -0.05) is 6.92 Å². The molecule has 1 amide bonds. The molecule has 1 N–H and O–H groups in total. The molecule has 1 aliphatic heterocycles. The monoisotopic (exact) mass is 370 g/mol. The highest BCUT2D eigenvalue weighted by molar-refractivity contribution is 7.09. The summed E-state index contributed by atoms with van der Waals surface area (Å²) >= 11 is 1.58. The van der Waals surface area contributed by atoms with Gasteiger partial charge < -0.3 is 15.1 Å². The standard InChI is InChI=1S/C20H26N4OS/c1-4-23-9-11-24(12-10-23)18-6-7-19(15(2)13-18)22-20(25)8-5-17-14-26-16(3)21-17/h5-8,13-14H,4,9-12H2,1-3H3,(H,22,25)/b8-5+. The molecule has 2 aromatic rings. The van der Waals surface area contributed by atoms with Gasteiger partial charge in [0.1, 0.15) is 0 Å². The van der Waals surface area contributed by atoms with Gasteiger partial charge in [0.05, 0.1) is 10.7 Å². The average Bonchev–Trinajstić information content (AvgIpc) is 3.07. The van der Waals surface area contributed by atoms with E-state index in [1.807, 2.05) is 25.3 Å². The molecule has 1 saturated heterocycles. The maximum absolute atomic E-state index is 12.2. The van der Waals surface area contributed by atoms with Gasteiger partial charge in [-0.25, -0.2) is 4.98 Å². The summed E-state index contributed by atoms with van der Waals surface area (Å²) in [6, 6.07) is 6.25. The van der Waals surface area contributed by atoms with Crippen LogP contribution in [-0.4, -0.2) is 48.5 Å². The lowest BCUT2D eigenvalue weighted by atomic mass is 10.1. The van der Waals surface area contributed by atoms with Gasteiger partial charge in [0, 0.05) is 49.0 Å². The Balaban J connectivity index is 1.60. The zero-order chi connectivity index (χ0) is 18.5. The first-order valence-electron chi connectivity index (χ1n) is 9.04. The van der Waals surface area contributed by atoms with E-state index in [0.717, 1.165) is 54.7 Å². The van der Waals surface area contributed by atoms with Crippen LogP contribution in [0.5, 0.6) is 0 Å². The van der Waals surface area contributed by atoms with Crippen LogP contribution >= 0.6 is 11.3 Å². The van der Waals surface area contributed by atoms with Crippen LogP contribution in [-0.2, 0) is 4.79 Å². The number of nitrogens with zero attached hydrogens (tertiary/aromatic N) is 3. The first-order chi connectivity index (χ1) is 12.5. The summed E-state index contributed by atoms with van der Waals surface area (Å²) < 4.78 is 0. The predicted octanol–water partition coefficient (Wildman–Crippen LogP) is 3.55. The second kappa shape index (κ2) is 8.47. The third-order valence-electron chi connectivity index (χ3n) is 4.69. The predicted molar refractivity (Wildman–Crippen MR) is 110 cm³/mol. The number of benzene rings is 1. The number of carbonyl (C=O) groups excluding carboxylic acids is 1. The van der Waals surface area contributed by atoms with Gasteiger partial charge in [0.25, 0.3) is 0 Å². The van der Waals surface area contributed by atoms with Gasteiger partial charge >= 0.3 is 0 Å². The zero-order valence-electron chi connectivity index (χ0n) is 15.7. The molecular formula is C20H26N4OS. The first-order valence-corrected chi connectivity index (χ1v) is 9.92. The van der Waals surface area contributed by atoms with E-state index in [-0.39, 0.29) is 5.91 Å². The highest BCUT2D eigenvalue weighted by Gasteiger charge is 2.16. The summed E-state index contributed by atoms with van der Waals surface area (Å²) in [4.78, 5) is 21.4. The van der Waals surface area contributed by atoms with Crippen molar-refractivity contribution in [1.82, 2.24) is 9.88 Å².